The van der Waals surface area contributed by atoms with E-state index in [0.29, 0.717) is 34.6 Å². The van der Waals surface area contributed by atoms with E-state index >= 15 is 0 Å². The lowest BCUT2D eigenvalue weighted by molar-refractivity contribution is -0.145. The fraction of sp³-hybridized carbons (Fsp3) is 0.533. The molecule has 8 heteroatoms. The molecule has 38 heavy (non-hydrogen) atoms. The summed E-state index contributed by atoms with van der Waals surface area (Å²) in [6.45, 7) is 4.94. The third kappa shape index (κ3) is 3.92. The summed E-state index contributed by atoms with van der Waals surface area (Å²) < 4.78 is 26.5. The third-order valence-corrected chi connectivity index (χ3v) is 10.7. The van der Waals surface area contributed by atoms with Gasteiger partial charge in [-0.15, -0.1) is 6.42 Å². The molecule has 4 saturated carbocycles. The van der Waals surface area contributed by atoms with E-state index in [1.807, 2.05) is 25.8 Å². The largest absolute Gasteiger partial charge is 0.541 e. The first-order chi connectivity index (χ1) is 17.8. The number of rotatable bonds is 7. The summed E-state index contributed by atoms with van der Waals surface area (Å²) in [5.41, 5.74) is -0.180. The molecule has 3 unspecified atom stereocenters. The lowest BCUT2D eigenvalue weighted by atomic mass is 9.48. The topological polar surface area (TPSA) is 108 Å². The summed E-state index contributed by atoms with van der Waals surface area (Å²) in [5, 5.41) is 19.3. The number of carbonyl (C=O) groups is 1. The Morgan fingerprint density at radius 1 is 1.16 bits per heavy atom. The van der Waals surface area contributed by atoms with Crippen molar-refractivity contribution in [3.05, 3.63) is 53.1 Å². The lowest BCUT2D eigenvalue weighted by Crippen LogP contribution is -2.53. The molecule has 3 atom stereocenters. The number of carboxylic acid groups (broad SMARTS) is 1. The van der Waals surface area contributed by atoms with Crippen molar-refractivity contribution in [1.82, 2.24) is 4.98 Å². The summed E-state index contributed by atoms with van der Waals surface area (Å²) in [7, 11) is -3.57. The van der Waals surface area contributed by atoms with Gasteiger partial charge in [0.25, 0.3) is 0 Å². The van der Waals surface area contributed by atoms with Gasteiger partial charge in [-0.3, -0.25) is 4.98 Å². The Morgan fingerprint density at radius 3 is 2.11 bits per heavy atom. The van der Waals surface area contributed by atoms with Gasteiger partial charge in [0.1, 0.15) is 5.82 Å². The molecule has 0 aliphatic heterocycles. The van der Waals surface area contributed by atoms with Crippen molar-refractivity contribution in [1.29, 1.82) is 0 Å². The van der Waals surface area contributed by atoms with Gasteiger partial charge in [-0.25, -0.2) is 9.18 Å². The predicted octanol–water partition coefficient (Wildman–Crippen LogP) is 5.88. The number of nitrogens with zero attached hydrogens (tertiary/aromatic N) is 1. The molecule has 1 aromatic carbocycles. The van der Waals surface area contributed by atoms with Crippen molar-refractivity contribution in [3.63, 3.8) is 0 Å². The molecule has 200 valence electrons. The van der Waals surface area contributed by atoms with Crippen LogP contribution in [0.1, 0.15) is 82.2 Å². The molecular weight excluding hydrogens is 504 g/mol. The second-order valence-electron chi connectivity index (χ2n) is 12.2. The van der Waals surface area contributed by atoms with Gasteiger partial charge in [-0.2, -0.15) is 4.89 Å². The van der Waals surface area contributed by atoms with Crippen LogP contribution in [0.5, 0.6) is 0 Å². The molecular formula is C30H34FNO5P+. The highest BCUT2D eigenvalue weighted by molar-refractivity contribution is 7.42. The van der Waals surface area contributed by atoms with Gasteiger partial charge in [0.05, 0.1) is 5.69 Å². The molecule has 0 saturated heterocycles. The van der Waals surface area contributed by atoms with Crippen molar-refractivity contribution in [2.75, 3.05) is 0 Å². The Kier molecular flexibility index (Phi) is 6.54. The fourth-order valence-electron chi connectivity index (χ4n) is 7.96. The molecule has 4 aliphatic carbocycles. The van der Waals surface area contributed by atoms with Crippen molar-refractivity contribution in [2.24, 2.45) is 17.8 Å². The van der Waals surface area contributed by atoms with E-state index in [1.165, 1.54) is 38.3 Å². The zero-order chi connectivity index (χ0) is 27.6. The quantitative estimate of drug-likeness (QED) is 0.300. The number of carboxylic acids is 1. The second kappa shape index (κ2) is 9.23. The number of hydrogen-bond acceptors (Lipinski definition) is 4. The number of hydrogen-bond donors (Lipinski definition) is 3. The van der Waals surface area contributed by atoms with Crippen molar-refractivity contribution in [2.45, 2.75) is 81.4 Å². The minimum absolute atomic E-state index is 0.0883. The van der Waals surface area contributed by atoms with Crippen LogP contribution in [0.3, 0.4) is 0 Å². The maximum Gasteiger partial charge on any atom is 0.541 e. The van der Waals surface area contributed by atoms with E-state index in [0.717, 1.165) is 25.0 Å². The molecule has 4 fully saturated rings. The minimum Gasteiger partial charge on any atom is -0.477 e. The first-order valence-corrected chi connectivity index (χ1v) is 14.5. The number of aliphatic carboxylic acids is 1. The molecule has 4 bridgehead atoms. The first kappa shape index (κ1) is 26.9. The van der Waals surface area contributed by atoms with Gasteiger partial charge >= 0.3 is 19.2 Å². The molecule has 1 heterocycles. The van der Waals surface area contributed by atoms with Crippen LogP contribution >= 0.6 is 8.03 Å². The van der Waals surface area contributed by atoms with Gasteiger partial charge in [-0.05, 0) is 109 Å². The molecule has 1 aromatic heterocycles. The van der Waals surface area contributed by atoms with Gasteiger partial charge in [0, 0.05) is 16.7 Å². The molecule has 2 aromatic rings. The molecule has 6 nitrogen and oxygen atoms in total. The van der Waals surface area contributed by atoms with E-state index in [9.17, 15) is 28.9 Å². The van der Waals surface area contributed by atoms with Crippen LogP contribution in [0.15, 0.2) is 30.3 Å². The molecule has 0 radical (unpaired) electrons. The Hall–Kier alpha value is -2.65. The standard InChI is InChI=1S/C30H33FNO5P/c1-5-30(27(33)34,38(36)37)28(4,35)25-23(21-6-8-22(31)9-7-21)13-24(32-26(25)17(2)3)29-14-18-10-19(15-29)12-20(11-18)16-29/h1,6-9,13,17-20,35H,10-12,14-16H2,2-4H3,(H-,33,34,36,37)/p+1. The average Bonchev–Trinajstić information content (AvgIpc) is 2.83. The molecule has 0 amide bonds. The Morgan fingerprint density at radius 2 is 1.68 bits per heavy atom. The zero-order valence-corrected chi connectivity index (χ0v) is 22.8. The van der Waals surface area contributed by atoms with E-state index < -0.39 is 30.6 Å². The first-order valence-electron chi connectivity index (χ1n) is 13.3. The number of aliphatic hydroxyl groups is 1. The number of aromatic nitrogens is 1. The summed E-state index contributed by atoms with van der Waals surface area (Å²) in [4.78, 5) is 27.8. The third-order valence-electron chi connectivity index (χ3n) is 9.33. The number of halogens is 1. The van der Waals surface area contributed by atoms with E-state index in [2.05, 4.69) is 0 Å². The number of terminal acetylenes is 1. The highest BCUT2D eigenvalue weighted by Gasteiger charge is 2.70. The van der Waals surface area contributed by atoms with Crippen LogP contribution in [-0.2, 0) is 20.4 Å². The predicted molar refractivity (Wildman–Crippen MR) is 142 cm³/mol. The normalized spacial score (nSPS) is 29.4. The molecule has 3 N–H and O–H groups in total. The maximum absolute atomic E-state index is 13.9. The SMILES string of the molecule is C#CC(C(=O)O)([P+](=O)O)C(C)(O)c1c(-c2ccc(F)cc2)cc(C23CC4CC(CC(C4)C2)C3)nc1C(C)C. The van der Waals surface area contributed by atoms with Crippen LogP contribution in [0, 0.1) is 35.9 Å². The molecule has 6 rings (SSSR count). The minimum atomic E-state index is -3.57. The van der Waals surface area contributed by atoms with Crippen LogP contribution in [0.2, 0.25) is 0 Å². The summed E-state index contributed by atoms with van der Waals surface area (Å²) in [6, 6.07) is 7.62. The number of pyridine rings is 1. The zero-order valence-electron chi connectivity index (χ0n) is 21.9. The van der Waals surface area contributed by atoms with E-state index in [-0.39, 0.29) is 16.9 Å². The Labute approximate surface area is 223 Å². The monoisotopic (exact) mass is 538 g/mol. The Balaban J connectivity index is 1.82. The van der Waals surface area contributed by atoms with Crippen molar-refractivity contribution < 1.29 is 28.9 Å². The van der Waals surface area contributed by atoms with Crippen LogP contribution in [0.4, 0.5) is 4.39 Å². The van der Waals surface area contributed by atoms with Gasteiger partial charge in [0.2, 0.25) is 0 Å². The average molecular weight is 539 g/mol. The molecule has 0 spiro atoms. The number of benzene rings is 1. The van der Waals surface area contributed by atoms with Crippen LogP contribution < -0.4 is 0 Å². The van der Waals surface area contributed by atoms with Gasteiger partial charge in [0.15, 0.2) is 5.60 Å². The van der Waals surface area contributed by atoms with Gasteiger partial charge in [-0.1, -0.05) is 26.0 Å². The fourth-order valence-corrected chi connectivity index (χ4v) is 8.72. The van der Waals surface area contributed by atoms with Crippen molar-refractivity contribution >= 4 is 14.0 Å². The smallest absolute Gasteiger partial charge is 0.477 e. The highest BCUT2D eigenvalue weighted by atomic mass is 31.1. The van der Waals surface area contributed by atoms with Crippen LogP contribution in [0.25, 0.3) is 11.1 Å². The highest BCUT2D eigenvalue weighted by Crippen LogP contribution is 2.61. The van der Waals surface area contributed by atoms with E-state index in [4.69, 9.17) is 11.4 Å². The summed E-state index contributed by atoms with van der Waals surface area (Å²) in [5.74, 6) is 1.43. The summed E-state index contributed by atoms with van der Waals surface area (Å²) in [6.07, 6.45) is 12.5. The lowest BCUT2D eigenvalue weighted by Gasteiger charge is -2.56. The Bertz CT molecular complexity index is 1290. The van der Waals surface area contributed by atoms with E-state index in [1.54, 1.807) is 12.1 Å². The van der Waals surface area contributed by atoms with Crippen molar-refractivity contribution in [3.8, 4) is 23.5 Å². The van der Waals surface area contributed by atoms with Crippen LogP contribution in [-0.4, -0.2) is 31.2 Å². The van der Waals surface area contributed by atoms with Gasteiger partial charge < -0.3 is 10.2 Å². The maximum atomic E-state index is 13.9. The molecule has 4 aliphatic rings. The second-order valence-corrected chi connectivity index (χ2v) is 13.4. The summed E-state index contributed by atoms with van der Waals surface area (Å²) >= 11 is 0.